The molecule has 0 aliphatic heterocycles. The van der Waals surface area contributed by atoms with Crippen LogP contribution in [0.25, 0.3) is 0 Å². The highest BCUT2D eigenvalue weighted by Crippen LogP contribution is 2.26. The topological polar surface area (TPSA) is 67.9 Å². The predicted molar refractivity (Wildman–Crippen MR) is 89.4 cm³/mol. The fourth-order valence-electron chi connectivity index (χ4n) is 2.04. The second-order valence-electron chi connectivity index (χ2n) is 4.98. The maximum Gasteiger partial charge on any atom is 0.0887 e. The van der Waals surface area contributed by atoms with E-state index >= 15 is 0 Å². The second-order valence-corrected chi connectivity index (χ2v) is 5.86. The van der Waals surface area contributed by atoms with E-state index in [9.17, 15) is 0 Å². The Balaban J connectivity index is 1.91. The summed E-state index contributed by atoms with van der Waals surface area (Å²) in [5.74, 6) is 0. The summed E-state index contributed by atoms with van der Waals surface area (Å²) in [6, 6.07) is 8.52. The van der Waals surface area contributed by atoms with E-state index in [0.29, 0.717) is 6.54 Å². The second kappa shape index (κ2) is 7.49. The van der Waals surface area contributed by atoms with E-state index in [1.807, 2.05) is 18.7 Å². The zero-order valence-corrected chi connectivity index (χ0v) is 13.6. The lowest BCUT2D eigenvalue weighted by atomic mass is 10.2. The lowest BCUT2D eigenvalue weighted by Gasteiger charge is -2.07. The normalized spacial score (nSPS) is 10.9. The molecule has 4 N–H and O–H groups in total. The number of hydrogen-bond donors (Lipinski definition) is 3. The minimum Gasteiger partial charge on any atom is -0.329 e. The third kappa shape index (κ3) is 4.23. The molecule has 0 amide bonds. The summed E-state index contributed by atoms with van der Waals surface area (Å²) in [6.07, 6.45) is 0. The van der Waals surface area contributed by atoms with Crippen LogP contribution in [0.1, 0.15) is 17.0 Å². The first-order chi connectivity index (χ1) is 10.1. The monoisotopic (exact) mass is 305 g/mol. The van der Waals surface area contributed by atoms with Crippen molar-refractivity contribution < 1.29 is 0 Å². The van der Waals surface area contributed by atoms with Crippen molar-refractivity contribution in [2.75, 3.05) is 17.8 Å². The SMILES string of the molecule is Cc1nn(C)c(C)c1NSc1ccc(CNCCN)cc1. The Morgan fingerprint density at radius 1 is 1.24 bits per heavy atom. The Morgan fingerprint density at radius 3 is 2.52 bits per heavy atom. The molecule has 2 aromatic rings. The number of nitrogens with one attached hydrogen (secondary N) is 2. The van der Waals surface area contributed by atoms with Crippen LogP contribution < -0.4 is 15.8 Å². The number of hydrogen-bond acceptors (Lipinski definition) is 5. The molecule has 21 heavy (non-hydrogen) atoms. The third-order valence-electron chi connectivity index (χ3n) is 3.35. The zero-order chi connectivity index (χ0) is 15.2. The molecule has 1 aromatic carbocycles. The van der Waals surface area contributed by atoms with Gasteiger partial charge in [-0.15, -0.1) is 0 Å². The summed E-state index contributed by atoms with van der Waals surface area (Å²) in [5.41, 5.74) is 9.98. The average molecular weight is 305 g/mol. The molecule has 0 radical (unpaired) electrons. The molecule has 0 saturated heterocycles. The van der Waals surface area contributed by atoms with Gasteiger partial charge >= 0.3 is 0 Å². The van der Waals surface area contributed by atoms with Gasteiger partial charge in [-0.1, -0.05) is 12.1 Å². The molecule has 0 atom stereocenters. The molecule has 5 nitrogen and oxygen atoms in total. The number of nitrogens with zero attached hydrogens (tertiary/aromatic N) is 2. The highest BCUT2D eigenvalue weighted by Gasteiger charge is 2.08. The van der Waals surface area contributed by atoms with E-state index in [1.165, 1.54) is 10.5 Å². The van der Waals surface area contributed by atoms with Crippen LogP contribution in [-0.2, 0) is 13.6 Å². The number of rotatable bonds is 7. The van der Waals surface area contributed by atoms with Crippen molar-refractivity contribution in [3.63, 3.8) is 0 Å². The van der Waals surface area contributed by atoms with E-state index < -0.39 is 0 Å². The molecule has 0 spiro atoms. The average Bonchev–Trinajstić information content (AvgIpc) is 2.72. The van der Waals surface area contributed by atoms with Crippen molar-refractivity contribution >= 4 is 17.6 Å². The molecule has 1 aromatic heterocycles. The smallest absolute Gasteiger partial charge is 0.0887 e. The van der Waals surface area contributed by atoms with Crippen LogP contribution >= 0.6 is 11.9 Å². The van der Waals surface area contributed by atoms with Gasteiger partial charge in [-0.3, -0.25) is 4.68 Å². The van der Waals surface area contributed by atoms with Crippen molar-refractivity contribution in [3.8, 4) is 0 Å². The summed E-state index contributed by atoms with van der Waals surface area (Å²) < 4.78 is 5.28. The van der Waals surface area contributed by atoms with E-state index in [1.54, 1.807) is 11.9 Å². The van der Waals surface area contributed by atoms with E-state index in [-0.39, 0.29) is 0 Å². The van der Waals surface area contributed by atoms with Gasteiger partial charge in [-0.2, -0.15) is 5.10 Å². The van der Waals surface area contributed by atoms with E-state index in [4.69, 9.17) is 5.73 Å². The summed E-state index contributed by atoms with van der Waals surface area (Å²) in [7, 11) is 1.96. The predicted octanol–water partition coefficient (Wildman–Crippen LogP) is 2.20. The van der Waals surface area contributed by atoms with Gasteiger partial charge in [0.05, 0.1) is 17.1 Å². The van der Waals surface area contributed by atoms with Crippen LogP contribution in [0, 0.1) is 13.8 Å². The molecule has 2 rings (SSSR count). The van der Waals surface area contributed by atoms with E-state index in [2.05, 4.69) is 46.3 Å². The van der Waals surface area contributed by atoms with Crippen LogP contribution in [-0.4, -0.2) is 22.9 Å². The Bertz CT molecular complexity index is 576. The standard InChI is InChI=1S/C15H23N5S/c1-11-15(12(2)20(3)18-11)19-21-14-6-4-13(5-7-14)10-17-9-8-16/h4-7,17,19H,8-10,16H2,1-3H3. The van der Waals surface area contributed by atoms with Crippen molar-refractivity contribution in [1.82, 2.24) is 15.1 Å². The minimum absolute atomic E-state index is 0.668. The maximum absolute atomic E-state index is 5.46. The molecule has 114 valence electrons. The maximum atomic E-state index is 5.46. The lowest BCUT2D eigenvalue weighted by Crippen LogP contribution is -2.21. The lowest BCUT2D eigenvalue weighted by molar-refractivity contribution is 0.694. The number of benzene rings is 1. The zero-order valence-electron chi connectivity index (χ0n) is 12.8. The quantitative estimate of drug-likeness (QED) is 0.540. The number of nitrogens with two attached hydrogens (primary N) is 1. The van der Waals surface area contributed by atoms with Crippen LogP contribution in [0.4, 0.5) is 5.69 Å². The summed E-state index contributed by atoms with van der Waals surface area (Å²) in [4.78, 5) is 1.18. The molecule has 0 fully saturated rings. The van der Waals surface area contributed by atoms with Crippen LogP contribution in [0.2, 0.25) is 0 Å². The molecule has 0 aliphatic rings. The molecular formula is C15H23N5S. The van der Waals surface area contributed by atoms with Gasteiger partial charge in [-0.05, 0) is 43.5 Å². The Hall–Kier alpha value is -1.50. The summed E-state index contributed by atoms with van der Waals surface area (Å²) >= 11 is 1.61. The summed E-state index contributed by atoms with van der Waals surface area (Å²) in [6.45, 7) is 6.45. The number of aryl methyl sites for hydroxylation is 2. The fraction of sp³-hybridized carbons (Fsp3) is 0.400. The van der Waals surface area contributed by atoms with Crippen LogP contribution in [0.3, 0.4) is 0 Å². The molecule has 6 heteroatoms. The fourth-order valence-corrected chi connectivity index (χ4v) is 2.83. The Labute approximate surface area is 130 Å². The first kappa shape index (κ1) is 15.9. The molecular weight excluding hydrogens is 282 g/mol. The first-order valence-corrected chi connectivity index (χ1v) is 7.86. The Kier molecular flexibility index (Phi) is 5.67. The van der Waals surface area contributed by atoms with Crippen LogP contribution in [0.5, 0.6) is 0 Å². The number of aromatic nitrogens is 2. The van der Waals surface area contributed by atoms with Crippen molar-refractivity contribution in [2.24, 2.45) is 12.8 Å². The molecule has 0 saturated carbocycles. The Morgan fingerprint density at radius 2 is 1.95 bits per heavy atom. The van der Waals surface area contributed by atoms with E-state index in [0.717, 1.165) is 30.2 Å². The molecule has 0 unspecified atom stereocenters. The van der Waals surface area contributed by atoms with Crippen molar-refractivity contribution in [2.45, 2.75) is 25.3 Å². The minimum atomic E-state index is 0.668. The van der Waals surface area contributed by atoms with Gasteiger partial charge in [0, 0.05) is 31.6 Å². The van der Waals surface area contributed by atoms with Crippen molar-refractivity contribution in [3.05, 3.63) is 41.2 Å². The molecule has 0 aliphatic carbocycles. The van der Waals surface area contributed by atoms with Gasteiger partial charge in [0.2, 0.25) is 0 Å². The van der Waals surface area contributed by atoms with Gasteiger partial charge in [-0.25, -0.2) is 0 Å². The van der Waals surface area contributed by atoms with Gasteiger partial charge in [0.15, 0.2) is 0 Å². The highest BCUT2D eigenvalue weighted by molar-refractivity contribution is 8.00. The van der Waals surface area contributed by atoms with Gasteiger partial charge in [0.25, 0.3) is 0 Å². The molecule has 1 heterocycles. The van der Waals surface area contributed by atoms with Gasteiger partial charge in [0.1, 0.15) is 0 Å². The highest BCUT2D eigenvalue weighted by atomic mass is 32.2. The number of anilines is 1. The molecule has 0 bridgehead atoms. The first-order valence-electron chi connectivity index (χ1n) is 7.04. The van der Waals surface area contributed by atoms with Crippen LogP contribution in [0.15, 0.2) is 29.2 Å². The largest absolute Gasteiger partial charge is 0.329 e. The van der Waals surface area contributed by atoms with Gasteiger partial charge < -0.3 is 15.8 Å². The third-order valence-corrected chi connectivity index (χ3v) is 4.17. The summed E-state index contributed by atoms with van der Waals surface area (Å²) in [5, 5.41) is 7.69. The van der Waals surface area contributed by atoms with Crippen molar-refractivity contribution in [1.29, 1.82) is 0 Å².